The van der Waals surface area contributed by atoms with Crippen molar-refractivity contribution in [2.45, 2.75) is 38.6 Å². The SMILES string of the molecule is CC(C)CN(CC(C)C)S(=O)(=O)c1ccc(C(=O)NC(c2ccccc2)c2ccccc2)cc1. The zero-order valence-electron chi connectivity index (χ0n) is 20.3. The van der Waals surface area contributed by atoms with Crippen LogP contribution in [0.2, 0.25) is 0 Å². The molecule has 0 fully saturated rings. The van der Waals surface area contributed by atoms with Gasteiger partial charge in [0.1, 0.15) is 0 Å². The van der Waals surface area contributed by atoms with E-state index in [1.54, 1.807) is 12.1 Å². The minimum atomic E-state index is -3.64. The van der Waals surface area contributed by atoms with Gasteiger partial charge in [-0.2, -0.15) is 4.31 Å². The second-order valence-corrected chi connectivity index (χ2v) is 11.3. The molecule has 3 rings (SSSR count). The van der Waals surface area contributed by atoms with Crippen molar-refractivity contribution in [1.82, 2.24) is 9.62 Å². The van der Waals surface area contributed by atoms with Gasteiger partial charge in [0.2, 0.25) is 10.0 Å². The van der Waals surface area contributed by atoms with Gasteiger partial charge in [-0.1, -0.05) is 88.4 Å². The third-order valence-electron chi connectivity index (χ3n) is 5.43. The van der Waals surface area contributed by atoms with Gasteiger partial charge in [0, 0.05) is 18.7 Å². The minimum absolute atomic E-state index is 0.202. The van der Waals surface area contributed by atoms with Crippen molar-refractivity contribution in [2.75, 3.05) is 13.1 Å². The molecule has 0 saturated carbocycles. The molecular formula is C28H34N2O3S. The van der Waals surface area contributed by atoms with Crippen LogP contribution in [0.4, 0.5) is 0 Å². The molecule has 34 heavy (non-hydrogen) atoms. The predicted octanol–water partition coefficient (Wildman–Crippen LogP) is 5.51. The summed E-state index contributed by atoms with van der Waals surface area (Å²) >= 11 is 0. The van der Waals surface area contributed by atoms with E-state index in [9.17, 15) is 13.2 Å². The summed E-state index contributed by atoms with van der Waals surface area (Å²) in [5.41, 5.74) is 2.36. The Hall–Kier alpha value is -2.96. The van der Waals surface area contributed by atoms with E-state index in [4.69, 9.17) is 0 Å². The summed E-state index contributed by atoms with van der Waals surface area (Å²) in [6.45, 7) is 8.94. The number of nitrogens with one attached hydrogen (secondary N) is 1. The summed E-state index contributed by atoms with van der Waals surface area (Å²) in [5, 5.41) is 3.10. The number of benzene rings is 3. The van der Waals surface area contributed by atoms with Crippen molar-refractivity contribution in [3.63, 3.8) is 0 Å². The van der Waals surface area contributed by atoms with Crippen molar-refractivity contribution in [1.29, 1.82) is 0 Å². The molecule has 0 spiro atoms. The summed E-state index contributed by atoms with van der Waals surface area (Å²) < 4.78 is 28.1. The van der Waals surface area contributed by atoms with E-state index in [-0.39, 0.29) is 28.7 Å². The molecular weight excluding hydrogens is 444 g/mol. The molecule has 0 aliphatic carbocycles. The lowest BCUT2D eigenvalue weighted by Crippen LogP contribution is -2.37. The topological polar surface area (TPSA) is 66.5 Å². The molecule has 0 aliphatic rings. The maximum absolute atomic E-state index is 13.3. The number of hydrogen-bond acceptors (Lipinski definition) is 3. The molecule has 3 aromatic rings. The van der Waals surface area contributed by atoms with Crippen molar-refractivity contribution in [2.24, 2.45) is 11.8 Å². The first kappa shape index (κ1) is 25.7. The van der Waals surface area contributed by atoms with Gasteiger partial charge in [-0.05, 0) is 47.2 Å². The molecule has 6 heteroatoms. The van der Waals surface area contributed by atoms with Crippen LogP contribution in [0, 0.1) is 11.8 Å². The Kier molecular flexibility index (Phi) is 8.64. The Labute approximate surface area is 203 Å². The maximum atomic E-state index is 13.3. The first-order chi connectivity index (χ1) is 16.2. The largest absolute Gasteiger partial charge is 0.341 e. The number of rotatable bonds is 10. The van der Waals surface area contributed by atoms with Crippen molar-refractivity contribution in [3.05, 3.63) is 102 Å². The van der Waals surface area contributed by atoms with Gasteiger partial charge in [-0.25, -0.2) is 8.42 Å². The lowest BCUT2D eigenvalue weighted by atomic mass is 9.98. The van der Waals surface area contributed by atoms with Gasteiger partial charge in [0.05, 0.1) is 10.9 Å². The molecule has 0 saturated heterocycles. The molecule has 0 aliphatic heterocycles. The predicted molar refractivity (Wildman–Crippen MR) is 137 cm³/mol. The number of nitrogens with zero attached hydrogens (tertiary/aromatic N) is 1. The van der Waals surface area contributed by atoms with Crippen LogP contribution in [0.25, 0.3) is 0 Å². The highest BCUT2D eigenvalue weighted by Crippen LogP contribution is 2.23. The second kappa shape index (κ2) is 11.4. The summed E-state index contributed by atoms with van der Waals surface area (Å²) in [6, 6.07) is 25.5. The summed E-state index contributed by atoms with van der Waals surface area (Å²) in [5.74, 6) is 0.167. The number of sulfonamides is 1. The highest BCUT2D eigenvalue weighted by atomic mass is 32.2. The summed E-state index contributed by atoms with van der Waals surface area (Å²) in [7, 11) is -3.64. The zero-order valence-corrected chi connectivity index (χ0v) is 21.1. The fourth-order valence-corrected chi connectivity index (χ4v) is 5.64. The van der Waals surface area contributed by atoms with Gasteiger partial charge < -0.3 is 5.32 Å². The van der Waals surface area contributed by atoms with Gasteiger partial charge in [0.25, 0.3) is 5.91 Å². The minimum Gasteiger partial charge on any atom is -0.341 e. The number of hydrogen-bond donors (Lipinski definition) is 1. The number of amides is 1. The Morgan fingerprint density at radius 2 is 1.18 bits per heavy atom. The fourth-order valence-electron chi connectivity index (χ4n) is 3.88. The molecule has 0 atom stereocenters. The Morgan fingerprint density at radius 1 is 0.735 bits per heavy atom. The van der Waals surface area contributed by atoms with Gasteiger partial charge >= 0.3 is 0 Å². The first-order valence-corrected chi connectivity index (χ1v) is 13.1. The van der Waals surface area contributed by atoms with Gasteiger partial charge in [-0.3, -0.25) is 4.79 Å². The molecule has 0 heterocycles. The van der Waals surface area contributed by atoms with E-state index >= 15 is 0 Å². The van der Waals surface area contributed by atoms with Crippen molar-refractivity contribution < 1.29 is 13.2 Å². The average molecular weight is 479 g/mol. The average Bonchev–Trinajstić information content (AvgIpc) is 2.82. The van der Waals surface area contributed by atoms with Crippen LogP contribution in [0.3, 0.4) is 0 Å². The lowest BCUT2D eigenvalue weighted by molar-refractivity contribution is 0.0943. The normalized spacial score (nSPS) is 12.0. The first-order valence-electron chi connectivity index (χ1n) is 11.7. The highest BCUT2D eigenvalue weighted by molar-refractivity contribution is 7.89. The van der Waals surface area contributed by atoms with Crippen molar-refractivity contribution >= 4 is 15.9 Å². The Balaban J connectivity index is 1.83. The van der Waals surface area contributed by atoms with Crippen LogP contribution in [-0.4, -0.2) is 31.7 Å². The standard InChI is InChI=1S/C28H34N2O3S/c1-21(2)19-30(20-22(3)4)34(32,33)26-17-15-25(16-18-26)28(31)29-27(23-11-7-5-8-12-23)24-13-9-6-10-14-24/h5-18,21-22,27H,19-20H2,1-4H3,(H,29,31). The van der Waals surface area contributed by atoms with Crippen LogP contribution in [-0.2, 0) is 10.0 Å². The van der Waals surface area contributed by atoms with E-state index < -0.39 is 10.0 Å². The van der Waals surface area contributed by atoms with E-state index in [1.165, 1.54) is 16.4 Å². The van der Waals surface area contributed by atoms with Crippen LogP contribution >= 0.6 is 0 Å². The fraction of sp³-hybridized carbons (Fsp3) is 0.321. The highest BCUT2D eigenvalue weighted by Gasteiger charge is 2.26. The van der Waals surface area contributed by atoms with E-state index in [0.717, 1.165) is 11.1 Å². The van der Waals surface area contributed by atoms with Crippen molar-refractivity contribution in [3.8, 4) is 0 Å². The molecule has 1 amide bonds. The monoisotopic (exact) mass is 478 g/mol. The lowest BCUT2D eigenvalue weighted by Gasteiger charge is -2.25. The quantitative estimate of drug-likeness (QED) is 0.418. The molecule has 0 bridgehead atoms. The zero-order chi connectivity index (χ0) is 24.7. The third kappa shape index (κ3) is 6.55. The third-order valence-corrected chi connectivity index (χ3v) is 7.28. The van der Waals surface area contributed by atoms with Crippen LogP contribution < -0.4 is 5.32 Å². The molecule has 3 aromatic carbocycles. The molecule has 0 unspecified atom stereocenters. The Bertz CT molecular complexity index is 1110. The van der Waals surface area contributed by atoms with E-state index in [1.807, 2.05) is 88.4 Å². The van der Waals surface area contributed by atoms with Gasteiger partial charge in [-0.15, -0.1) is 0 Å². The summed E-state index contributed by atoms with van der Waals surface area (Å²) in [6.07, 6.45) is 0. The van der Waals surface area contributed by atoms with Crippen LogP contribution in [0.15, 0.2) is 89.8 Å². The number of carbonyl (C=O) groups is 1. The Morgan fingerprint density at radius 3 is 1.59 bits per heavy atom. The molecule has 0 radical (unpaired) electrons. The number of carbonyl (C=O) groups excluding carboxylic acids is 1. The molecule has 5 nitrogen and oxygen atoms in total. The van der Waals surface area contributed by atoms with E-state index in [2.05, 4.69) is 5.32 Å². The molecule has 0 aromatic heterocycles. The molecule has 1 N–H and O–H groups in total. The van der Waals surface area contributed by atoms with Crippen LogP contribution in [0.5, 0.6) is 0 Å². The molecule has 180 valence electrons. The van der Waals surface area contributed by atoms with Crippen LogP contribution in [0.1, 0.15) is 55.2 Å². The van der Waals surface area contributed by atoms with E-state index in [0.29, 0.717) is 18.7 Å². The van der Waals surface area contributed by atoms with Gasteiger partial charge in [0.15, 0.2) is 0 Å². The summed E-state index contributed by atoms with van der Waals surface area (Å²) in [4.78, 5) is 13.3. The maximum Gasteiger partial charge on any atom is 0.252 e. The smallest absolute Gasteiger partial charge is 0.252 e. The second-order valence-electron chi connectivity index (χ2n) is 9.36.